The summed E-state index contributed by atoms with van der Waals surface area (Å²) < 4.78 is 24.9. The summed E-state index contributed by atoms with van der Waals surface area (Å²) in [6.45, 7) is 5.07. The zero-order valence-corrected chi connectivity index (χ0v) is 13.7. The molecule has 0 aliphatic heterocycles. The van der Waals surface area contributed by atoms with Gasteiger partial charge in [-0.15, -0.1) is 0 Å². The highest BCUT2D eigenvalue weighted by Gasteiger charge is 2.24. The molecule has 1 amide bonds. The average molecular weight is 328 g/mol. The van der Waals surface area contributed by atoms with Crippen LogP contribution in [-0.4, -0.2) is 37.7 Å². The highest BCUT2D eigenvalue weighted by Crippen LogP contribution is 2.18. The number of sulfonamides is 1. The molecular formula is C14H20N2O5S. The maximum absolute atomic E-state index is 12.1. The number of anilines is 1. The van der Waals surface area contributed by atoms with E-state index in [0.29, 0.717) is 5.56 Å². The van der Waals surface area contributed by atoms with Crippen LogP contribution < -0.4 is 10.0 Å². The lowest BCUT2D eigenvalue weighted by atomic mass is 10.0. The lowest BCUT2D eigenvalue weighted by molar-refractivity contribution is -0.140. The lowest BCUT2D eigenvalue weighted by Gasteiger charge is -2.18. The number of rotatable bonds is 6. The van der Waals surface area contributed by atoms with Gasteiger partial charge < -0.3 is 10.4 Å². The lowest BCUT2D eigenvalue weighted by Crippen LogP contribution is -2.44. The van der Waals surface area contributed by atoms with Crippen LogP contribution in [0, 0.1) is 12.8 Å². The van der Waals surface area contributed by atoms with Crippen molar-refractivity contribution in [2.24, 2.45) is 5.92 Å². The van der Waals surface area contributed by atoms with Crippen molar-refractivity contribution in [3.63, 3.8) is 0 Å². The summed E-state index contributed by atoms with van der Waals surface area (Å²) in [5.41, 5.74) is 1.12. The second kappa shape index (κ2) is 6.78. The van der Waals surface area contributed by atoms with Gasteiger partial charge in [0.25, 0.3) is 5.91 Å². The van der Waals surface area contributed by atoms with Gasteiger partial charge in [-0.25, -0.2) is 13.2 Å². The van der Waals surface area contributed by atoms with Crippen LogP contribution in [0.25, 0.3) is 0 Å². The third-order valence-electron chi connectivity index (χ3n) is 3.01. The minimum Gasteiger partial charge on any atom is -0.480 e. The molecule has 8 heteroatoms. The maximum atomic E-state index is 12.1. The Morgan fingerprint density at radius 1 is 1.23 bits per heavy atom. The van der Waals surface area contributed by atoms with E-state index in [2.05, 4.69) is 10.0 Å². The van der Waals surface area contributed by atoms with E-state index in [1.54, 1.807) is 26.8 Å². The molecule has 0 fully saturated rings. The van der Waals surface area contributed by atoms with Gasteiger partial charge in [-0.05, 0) is 30.5 Å². The zero-order chi connectivity index (χ0) is 17.1. The van der Waals surface area contributed by atoms with Crippen LogP contribution in [0.5, 0.6) is 0 Å². The first-order valence-electron chi connectivity index (χ1n) is 6.63. The molecule has 0 aliphatic rings. The van der Waals surface area contributed by atoms with Crippen molar-refractivity contribution in [1.82, 2.24) is 5.32 Å². The Morgan fingerprint density at radius 2 is 1.82 bits per heavy atom. The van der Waals surface area contributed by atoms with E-state index in [4.69, 9.17) is 5.11 Å². The third-order valence-corrected chi connectivity index (χ3v) is 3.61. The number of carbonyl (C=O) groups is 2. The molecule has 7 nitrogen and oxygen atoms in total. The van der Waals surface area contributed by atoms with Crippen LogP contribution in [0.3, 0.4) is 0 Å². The van der Waals surface area contributed by atoms with Crippen molar-refractivity contribution in [1.29, 1.82) is 0 Å². The van der Waals surface area contributed by atoms with Crippen LogP contribution in [-0.2, 0) is 14.8 Å². The van der Waals surface area contributed by atoms with Gasteiger partial charge in [0.05, 0.1) is 11.9 Å². The minimum atomic E-state index is -3.47. The molecule has 0 bridgehead atoms. The molecule has 0 aliphatic carbocycles. The summed E-state index contributed by atoms with van der Waals surface area (Å²) in [5, 5.41) is 11.5. The molecule has 1 aromatic rings. The summed E-state index contributed by atoms with van der Waals surface area (Å²) in [7, 11) is -3.47. The number of carboxylic acids is 1. The SMILES string of the molecule is Cc1ccc(C(=O)NC(C(=O)O)C(C)C)cc1NS(C)(=O)=O. The largest absolute Gasteiger partial charge is 0.480 e. The van der Waals surface area contributed by atoms with E-state index in [1.807, 2.05) is 0 Å². The van der Waals surface area contributed by atoms with Crippen LogP contribution in [0.2, 0.25) is 0 Å². The molecule has 0 heterocycles. The zero-order valence-electron chi connectivity index (χ0n) is 12.9. The fraction of sp³-hybridized carbons (Fsp3) is 0.429. The van der Waals surface area contributed by atoms with E-state index in [1.165, 1.54) is 12.1 Å². The van der Waals surface area contributed by atoms with Gasteiger partial charge in [-0.1, -0.05) is 19.9 Å². The molecule has 0 radical (unpaired) electrons. The van der Waals surface area contributed by atoms with Crippen molar-refractivity contribution in [2.45, 2.75) is 26.8 Å². The summed E-state index contributed by atoms with van der Waals surface area (Å²) in [5.74, 6) is -1.97. The second-order valence-electron chi connectivity index (χ2n) is 5.44. The monoisotopic (exact) mass is 328 g/mol. The van der Waals surface area contributed by atoms with Crippen molar-refractivity contribution >= 4 is 27.6 Å². The Morgan fingerprint density at radius 3 is 2.27 bits per heavy atom. The van der Waals surface area contributed by atoms with Gasteiger partial charge >= 0.3 is 5.97 Å². The van der Waals surface area contributed by atoms with E-state index in [-0.39, 0.29) is 17.2 Å². The smallest absolute Gasteiger partial charge is 0.326 e. The van der Waals surface area contributed by atoms with Crippen LogP contribution in [0.1, 0.15) is 29.8 Å². The van der Waals surface area contributed by atoms with E-state index < -0.39 is 27.9 Å². The van der Waals surface area contributed by atoms with E-state index in [9.17, 15) is 18.0 Å². The van der Waals surface area contributed by atoms with Gasteiger partial charge in [-0.3, -0.25) is 9.52 Å². The average Bonchev–Trinajstić information content (AvgIpc) is 2.35. The fourth-order valence-electron chi connectivity index (χ4n) is 1.81. The molecule has 1 rings (SSSR count). The molecular weight excluding hydrogens is 308 g/mol. The molecule has 0 saturated heterocycles. The Hall–Kier alpha value is -2.09. The molecule has 22 heavy (non-hydrogen) atoms. The topological polar surface area (TPSA) is 113 Å². The molecule has 0 aromatic heterocycles. The predicted molar refractivity (Wildman–Crippen MR) is 83.4 cm³/mol. The summed E-state index contributed by atoms with van der Waals surface area (Å²) in [4.78, 5) is 23.3. The number of aryl methyl sites for hydroxylation is 1. The quantitative estimate of drug-likeness (QED) is 0.726. The van der Waals surface area contributed by atoms with Gasteiger partial charge in [0.2, 0.25) is 10.0 Å². The molecule has 122 valence electrons. The Labute approximate surface area is 129 Å². The van der Waals surface area contributed by atoms with Gasteiger partial charge in [0, 0.05) is 5.56 Å². The highest BCUT2D eigenvalue weighted by molar-refractivity contribution is 7.92. The Kier molecular flexibility index (Phi) is 5.54. The predicted octanol–water partition coefficient (Wildman–Crippen LogP) is 1.21. The Bertz CT molecular complexity index is 682. The molecule has 1 unspecified atom stereocenters. The van der Waals surface area contributed by atoms with Crippen LogP contribution >= 0.6 is 0 Å². The maximum Gasteiger partial charge on any atom is 0.326 e. The van der Waals surface area contributed by atoms with Gasteiger partial charge in [-0.2, -0.15) is 0 Å². The number of hydrogen-bond donors (Lipinski definition) is 3. The Balaban J connectivity index is 3.04. The van der Waals surface area contributed by atoms with Crippen molar-refractivity contribution < 1.29 is 23.1 Å². The molecule has 0 saturated carbocycles. The van der Waals surface area contributed by atoms with Gasteiger partial charge in [0.1, 0.15) is 6.04 Å². The van der Waals surface area contributed by atoms with E-state index >= 15 is 0 Å². The second-order valence-corrected chi connectivity index (χ2v) is 7.19. The minimum absolute atomic E-state index is 0.184. The number of nitrogens with one attached hydrogen (secondary N) is 2. The summed E-state index contributed by atoms with van der Waals surface area (Å²) in [6.07, 6.45) is 1.01. The number of hydrogen-bond acceptors (Lipinski definition) is 4. The van der Waals surface area contributed by atoms with E-state index in [0.717, 1.165) is 6.26 Å². The fourth-order valence-corrected chi connectivity index (χ4v) is 2.43. The number of carbonyl (C=O) groups excluding carboxylic acids is 1. The van der Waals surface area contributed by atoms with Crippen LogP contribution in [0.4, 0.5) is 5.69 Å². The summed E-state index contributed by atoms with van der Waals surface area (Å²) in [6, 6.07) is 3.47. The first kappa shape index (κ1) is 18.0. The molecule has 1 atom stereocenters. The standard InChI is InChI=1S/C14H20N2O5S/c1-8(2)12(14(18)19)15-13(17)10-6-5-9(3)11(7-10)16-22(4,20)21/h5-8,12,16H,1-4H3,(H,15,17)(H,18,19). The van der Waals surface area contributed by atoms with Crippen molar-refractivity contribution in [2.75, 3.05) is 11.0 Å². The number of carboxylic acid groups (broad SMARTS) is 1. The number of amides is 1. The highest BCUT2D eigenvalue weighted by atomic mass is 32.2. The van der Waals surface area contributed by atoms with Crippen molar-refractivity contribution in [3.05, 3.63) is 29.3 Å². The van der Waals surface area contributed by atoms with Crippen molar-refractivity contribution in [3.8, 4) is 0 Å². The first-order chi connectivity index (χ1) is 10.0. The molecule has 1 aromatic carbocycles. The molecule has 3 N–H and O–H groups in total. The number of aliphatic carboxylic acids is 1. The first-order valence-corrected chi connectivity index (χ1v) is 8.52. The van der Waals surface area contributed by atoms with Crippen LogP contribution in [0.15, 0.2) is 18.2 Å². The normalized spacial score (nSPS) is 12.8. The number of benzene rings is 1. The third kappa shape index (κ3) is 5.03. The van der Waals surface area contributed by atoms with Gasteiger partial charge in [0.15, 0.2) is 0 Å². The molecule has 0 spiro atoms. The summed E-state index contributed by atoms with van der Waals surface area (Å²) >= 11 is 0.